The molecule has 1 rings (SSSR count). The molecule has 0 aliphatic rings. The molecule has 1 atom stereocenters. The number of carbonyl (C=O) groups is 2. The van der Waals surface area contributed by atoms with E-state index < -0.39 is 5.97 Å². The van der Waals surface area contributed by atoms with E-state index in [1.54, 1.807) is 19.3 Å². The second-order valence-corrected chi connectivity index (χ2v) is 4.49. The highest BCUT2D eigenvalue weighted by Gasteiger charge is 2.12. The van der Waals surface area contributed by atoms with Crippen molar-refractivity contribution in [2.75, 3.05) is 0 Å². The lowest BCUT2D eigenvalue weighted by Crippen LogP contribution is -2.25. The van der Waals surface area contributed by atoms with Gasteiger partial charge in [0.05, 0.1) is 0 Å². The second kappa shape index (κ2) is 6.74. The molecule has 1 heterocycles. The van der Waals surface area contributed by atoms with Gasteiger partial charge in [0.15, 0.2) is 0 Å². The van der Waals surface area contributed by atoms with Crippen LogP contribution < -0.4 is 5.32 Å². The molecule has 2 N–H and O–H groups in total. The zero-order chi connectivity index (χ0) is 13.5. The zero-order valence-electron chi connectivity index (χ0n) is 10.6. The Morgan fingerprint density at radius 2 is 2.17 bits per heavy atom. The Hall–Kier alpha value is -1.91. The smallest absolute Gasteiger partial charge is 0.303 e. The van der Waals surface area contributed by atoms with Crippen molar-refractivity contribution in [2.24, 2.45) is 5.92 Å². The molecule has 5 nitrogen and oxygen atoms in total. The Morgan fingerprint density at radius 3 is 2.78 bits per heavy atom. The number of hydrogen-bond donors (Lipinski definition) is 2. The molecule has 0 bridgehead atoms. The van der Waals surface area contributed by atoms with E-state index >= 15 is 0 Å². The fourth-order valence-corrected chi connectivity index (χ4v) is 1.63. The third-order valence-electron chi connectivity index (χ3n) is 2.68. The molecule has 1 aromatic rings. The Morgan fingerprint density at radius 1 is 1.44 bits per heavy atom. The van der Waals surface area contributed by atoms with Gasteiger partial charge in [0.1, 0.15) is 0 Å². The summed E-state index contributed by atoms with van der Waals surface area (Å²) in [5, 5.41) is 11.4. The van der Waals surface area contributed by atoms with E-state index in [0.29, 0.717) is 6.54 Å². The minimum Gasteiger partial charge on any atom is -0.481 e. The van der Waals surface area contributed by atoms with Crippen LogP contribution in [0.2, 0.25) is 0 Å². The summed E-state index contributed by atoms with van der Waals surface area (Å²) in [6.45, 7) is 4.14. The molecular weight excluding hydrogens is 232 g/mol. The summed E-state index contributed by atoms with van der Waals surface area (Å²) in [6.07, 6.45) is 3.66. The molecule has 0 aliphatic carbocycles. The van der Waals surface area contributed by atoms with Gasteiger partial charge in [-0.1, -0.05) is 6.92 Å². The average molecular weight is 250 g/mol. The molecular formula is C13H18N2O3. The summed E-state index contributed by atoms with van der Waals surface area (Å²) in [4.78, 5) is 26.1. The largest absolute Gasteiger partial charge is 0.481 e. The monoisotopic (exact) mass is 250 g/mol. The Balaban J connectivity index is 2.38. The lowest BCUT2D eigenvalue weighted by atomic mass is 10.0. The van der Waals surface area contributed by atoms with Gasteiger partial charge >= 0.3 is 5.97 Å². The van der Waals surface area contributed by atoms with E-state index in [1.165, 1.54) is 0 Å². The van der Waals surface area contributed by atoms with Gasteiger partial charge in [0.2, 0.25) is 5.91 Å². The van der Waals surface area contributed by atoms with Crippen LogP contribution in [-0.4, -0.2) is 22.0 Å². The number of carboxylic acid groups (broad SMARTS) is 1. The maximum atomic E-state index is 11.6. The van der Waals surface area contributed by atoms with Crippen LogP contribution in [0.1, 0.15) is 30.9 Å². The summed E-state index contributed by atoms with van der Waals surface area (Å²) < 4.78 is 0. The number of amides is 1. The molecule has 0 fully saturated rings. The van der Waals surface area contributed by atoms with Crippen LogP contribution in [0.3, 0.4) is 0 Å². The summed E-state index contributed by atoms with van der Waals surface area (Å²) >= 11 is 0. The topological polar surface area (TPSA) is 79.3 Å². The molecule has 1 unspecified atom stereocenters. The maximum Gasteiger partial charge on any atom is 0.303 e. The van der Waals surface area contributed by atoms with Crippen LogP contribution >= 0.6 is 0 Å². The first-order valence-corrected chi connectivity index (χ1v) is 5.87. The molecule has 0 aliphatic heterocycles. The number of aryl methyl sites for hydroxylation is 1. The van der Waals surface area contributed by atoms with Gasteiger partial charge < -0.3 is 10.4 Å². The molecule has 1 amide bonds. The summed E-state index contributed by atoms with van der Waals surface area (Å²) in [6, 6.07) is 1.88. The Bertz CT molecular complexity index is 432. The minimum atomic E-state index is -0.876. The molecule has 0 saturated carbocycles. The van der Waals surface area contributed by atoms with Gasteiger partial charge in [-0.25, -0.2) is 0 Å². The van der Waals surface area contributed by atoms with E-state index in [1.807, 2.05) is 13.0 Å². The van der Waals surface area contributed by atoms with E-state index in [0.717, 1.165) is 11.1 Å². The van der Waals surface area contributed by atoms with Gasteiger partial charge in [-0.2, -0.15) is 0 Å². The number of aromatic nitrogens is 1. The second-order valence-electron chi connectivity index (χ2n) is 4.49. The minimum absolute atomic E-state index is 0.0132. The van der Waals surface area contributed by atoms with E-state index in [4.69, 9.17) is 5.11 Å². The first-order valence-electron chi connectivity index (χ1n) is 5.87. The highest BCUT2D eigenvalue weighted by atomic mass is 16.4. The fourth-order valence-electron chi connectivity index (χ4n) is 1.63. The molecule has 5 heteroatoms. The number of hydrogen-bond acceptors (Lipinski definition) is 3. The van der Waals surface area contributed by atoms with Crippen LogP contribution in [0.15, 0.2) is 18.5 Å². The Labute approximate surface area is 106 Å². The van der Waals surface area contributed by atoms with Gasteiger partial charge in [0.25, 0.3) is 0 Å². The van der Waals surface area contributed by atoms with E-state index in [-0.39, 0.29) is 24.7 Å². The lowest BCUT2D eigenvalue weighted by molar-refractivity contribution is -0.138. The van der Waals surface area contributed by atoms with Crippen LogP contribution in [0.4, 0.5) is 0 Å². The van der Waals surface area contributed by atoms with Crippen LogP contribution in [0, 0.1) is 12.8 Å². The predicted molar refractivity (Wildman–Crippen MR) is 66.9 cm³/mol. The van der Waals surface area contributed by atoms with Crippen molar-refractivity contribution < 1.29 is 14.7 Å². The van der Waals surface area contributed by atoms with E-state index in [2.05, 4.69) is 10.3 Å². The normalized spacial score (nSPS) is 11.9. The average Bonchev–Trinajstić information content (AvgIpc) is 2.26. The third kappa shape index (κ3) is 4.95. The van der Waals surface area contributed by atoms with Crippen molar-refractivity contribution in [3.8, 4) is 0 Å². The summed E-state index contributed by atoms with van der Waals surface area (Å²) in [5.41, 5.74) is 2.04. The first kappa shape index (κ1) is 14.2. The molecule has 98 valence electrons. The quantitative estimate of drug-likeness (QED) is 0.802. The number of nitrogens with one attached hydrogen (secondary N) is 1. The standard InChI is InChI=1S/C13H18N2O3/c1-9(6-13(17)18)5-12(16)15-8-11-7-14-4-3-10(11)2/h3-4,7,9H,5-6,8H2,1-2H3,(H,15,16)(H,17,18). The SMILES string of the molecule is Cc1ccncc1CNC(=O)CC(C)CC(=O)O. The highest BCUT2D eigenvalue weighted by Crippen LogP contribution is 2.08. The van der Waals surface area contributed by atoms with Crippen LogP contribution in [-0.2, 0) is 16.1 Å². The summed E-state index contributed by atoms with van der Waals surface area (Å²) in [7, 11) is 0. The molecule has 0 radical (unpaired) electrons. The molecule has 18 heavy (non-hydrogen) atoms. The highest BCUT2D eigenvalue weighted by molar-refractivity contribution is 5.77. The zero-order valence-corrected chi connectivity index (χ0v) is 10.6. The van der Waals surface area contributed by atoms with Crippen molar-refractivity contribution in [3.05, 3.63) is 29.6 Å². The van der Waals surface area contributed by atoms with Crippen molar-refractivity contribution in [3.63, 3.8) is 0 Å². The number of nitrogens with zero attached hydrogens (tertiary/aromatic N) is 1. The molecule has 0 spiro atoms. The van der Waals surface area contributed by atoms with Gasteiger partial charge in [-0.05, 0) is 30.0 Å². The Kier molecular flexibility index (Phi) is 5.30. The first-order chi connectivity index (χ1) is 8.49. The maximum absolute atomic E-state index is 11.6. The summed E-state index contributed by atoms with van der Waals surface area (Å²) in [5.74, 6) is -1.16. The van der Waals surface area contributed by atoms with Gasteiger partial charge in [-0.3, -0.25) is 14.6 Å². The number of carboxylic acids is 1. The van der Waals surface area contributed by atoms with Gasteiger partial charge in [-0.15, -0.1) is 0 Å². The number of rotatable bonds is 6. The number of carbonyl (C=O) groups excluding carboxylic acids is 1. The lowest BCUT2D eigenvalue weighted by Gasteiger charge is -2.10. The van der Waals surface area contributed by atoms with Crippen molar-refractivity contribution >= 4 is 11.9 Å². The molecule has 0 aromatic carbocycles. The number of aliphatic carboxylic acids is 1. The van der Waals surface area contributed by atoms with Crippen molar-refractivity contribution in [2.45, 2.75) is 33.2 Å². The van der Waals surface area contributed by atoms with E-state index in [9.17, 15) is 9.59 Å². The van der Waals surface area contributed by atoms with Crippen LogP contribution in [0.25, 0.3) is 0 Å². The van der Waals surface area contributed by atoms with Gasteiger partial charge in [0, 0.05) is 31.8 Å². The molecule has 1 aromatic heterocycles. The van der Waals surface area contributed by atoms with Crippen LogP contribution in [0.5, 0.6) is 0 Å². The van der Waals surface area contributed by atoms with Crippen molar-refractivity contribution in [1.82, 2.24) is 10.3 Å². The third-order valence-corrected chi connectivity index (χ3v) is 2.68. The fraction of sp³-hybridized carbons (Fsp3) is 0.462. The van der Waals surface area contributed by atoms with Crippen molar-refractivity contribution in [1.29, 1.82) is 0 Å². The molecule has 0 saturated heterocycles. The predicted octanol–water partition coefficient (Wildman–Crippen LogP) is 1.51. The number of pyridine rings is 1.